The lowest BCUT2D eigenvalue weighted by molar-refractivity contribution is -0.0673. The summed E-state index contributed by atoms with van der Waals surface area (Å²) in [5.74, 6) is -2.83. The number of alkyl halides is 2. The number of hydrogen-bond donors (Lipinski definition) is 1. The molecule has 0 spiro atoms. The van der Waals surface area contributed by atoms with Crippen molar-refractivity contribution >= 4 is 22.2 Å². The molecule has 1 saturated heterocycles. The Morgan fingerprint density at radius 3 is 2.72 bits per heavy atom. The van der Waals surface area contributed by atoms with E-state index >= 15 is 0 Å². The molecule has 3 heterocycles. The number of benzene rings is 1. The summed E-state index contributed by atoms with van der Waals surface area (Å²) in [6.45, 7) is 0.341. The highest BCUT2D eigenvalue weighted by atomic mass is 32.2. The molecule has 0 aliphatic carbocycles. The minimum absolute atomic E-state index is 0.268. The van der Waals surface area contributed by atoms with Crippen LogP contribution in [-0.4, -0.2) is 45.8 Å². The zero-order valence-corrected chi connectivity index (χ0v) is 14.6. The molecule has 0 amide bonds. The molecule has 4 nitrogen and oxygen atoms in total. The minimum Gasteiger partial charge on any atom is -0.375 e. The number of halogens is 2. The summed E-state index contributed by atoms with van der Waals surface area (Å²) >= 11 is 0. The Hall–Kier alpha value is -1.99. The number of rotatable bonds is 3. The maximum atomic E-state index is 14.4. The summed E-state index contributed by atoms with van der Waals surface area (Å²) in [7, 11) is 0.340. The van der Waals surface area contributed by atoms with Crippen molar-refractivity contribution in [2.75, 3.05) is 25.5 Å². The molecule has 1 aromatic heterocycles. The first-order valence-corrected chi connectivity index (χ1v) is 9.39. The lowest BCUT2D eigenvalue weighted by atomic mass is 10.0. The molecule has 2 aromatic rings. The van der Waals surface area contributed by atoms with Gasteiger partial charge in [0.2, 0.25) is 0 Å². The number of likely N-dealkylation sites (tertiary alicyclic amines) is 1. The van der Waals surface area contributed by atoms with Crippen molar-refractivity contribution in [1.82, 2.24) is 9.47 Å². The second-order valence-corrected chi connectivity index (χ2v) is 7.80. The van der Waals surface area contributed by atoms with E-state index in [1.165, 1.54) is 0 Å². The molecule has 1 aromatic carbocycles. The monoisotopic (exact) mass is 363 g/mol. The van der Waals surface area contributed by atoms with E-state index in [-0.39, 0.29) is 6.54 Å². The van der Waals surface area contributed by atoms with E-state index in [1.807, 2.05) is 41.2 Å². The molecule has 2 unspecified atom stereocenters. The molecule has 1 N–H and O–H groups in total. The maximum absolute atomic E-state index is 14.4. The number of piperidine rings is 1. The Morgan fingerprint density at radius 2 is 2.00 bits per heavy atom. The zero-order chi connectivity index (χ0) is 17.6. The van der Waals surface area contributed by atoms with Gasteiger partial charge in [-0.05, 0) is 31.7 Å². The number of hydrogen-bond acceptors (Lipinski definition) is 3. The Kier molecular flexibility index (Phi) is 4.00. The highest BCUT2D eigenvalue weighted by molar-refractivity contribution is 7.88. The van der Waals surface area contributed by atoms with Gasteiger partial charge in [-0.1, -0.05) is 12.1 Å². The fraction of sp³-hybridized carbons (Fsp3) is 0.333. The molecule has 2 aliphatic heterocycles. The summed E-state index contributed by atoms with van der Waals surface area (Å²) in [5.41, 5.74) is 2.16. The van der Waals surface area contributed by atoms with Gasteiger partial charge in [0.15, 0.2) is 0 Å². The van der Waals surface area contributed by atoms with Gasteiger partial charge in [-0.25, -0.2) is 13.0 Å². The van der Waals surface area contributed by atoms with E-state index in [0.717, 1.165) is 11.3 Å². The molecule has 2 aliphatic rings. The van der Waals surface area contributed by atoms with Crippen LogP contribution in [0.2, 0.25) is 0 Å². The van der Waals surface area contributed by atoms with Crippen LogP contribution >= 0.6 is 0 Å². The van der Waals surface area contributed by atoms with Crippen molar-refractivity contribution in [3.05, 3.63) is 53.7 Å². The first-order chi connectivity index (χ1) is 12.0. The minimum atomic E-state index is -2.83. The third kappa shape index (κ3) is 2.91. The Morgan fingerprint density at radius 1 is 1.24 bits per heavy atom. The Balaban J connectivity index is 1.67. The van der Waals surface area contributed by atoms with Crippen molar-refractivity contribution in [2.24, 2.45) is 0 Å². The fourth-order valence-electron chi connectivity index (χ4n) is 3.46. The smallest absolute Gasteiger partial charge is 0.280 e. The van der Waals surface area contributed by atoms with Crippen LogP contribution < -0.4 is 5.32 Å². The number of nitrogens with zero attached hydrogens (tertiary/aromatic N) is 2. The fourth-order valence-corrected chi connectivity index (χ4v) is 4.77. The van der Waals surface area contributed by atoms with Crippen molar-refractivity contribution in [3.8, 4) is 0 Å². The summed E-state index contributed by atoms with van der Waals surface area (Å²) in [6, 6.07) is 8.25. The summed E-state index contributed by atoms with van der Waals surface area (Å²) in [6.07, 6.45) is 4.10. The molecule has 7 heteroatoms. The van der Waals surface area contributed by atoms with Crippen LogP contribution in [0.4, 0.5) is 14.5 Å². The number of anilines is 1. The van der Waals surface area contributed by atoms with Gasteiger partial charge in [0.1, 0.15) is 0 Å². The average molecular weight is 363 g/mol. The zero-order valence-electron chi connectivity index (χ0n) is 13.8. The predicted octanol–water partition coefficient (Wildman–Crippen LogP) is 3.21. The van der Waals surface area contributed by atoms with E-state index in [4.69, 9.17) is 0 Å². The maximum Gasteiger partial charge on any atom is 0.280 e. The van der Waals surface area contributed by atoms with E-state index in [1.54, 1.807) is 23.4 Å². The molecular weight excluding hydrogens is 344 g/mol. The van der Waals surface area contributed by atoms with Crippen LogP contribution in [0.25, 0.3) is 5.70 Å². The van der Waals surface area contributed by atoms with Gasteiger partial charge in [-0.15, -0.1) is 0 Å². The molecule has 4 rings (SSSR count). The van der Waals surface area contributed by atoms with Gasteiger partial charge in [0.05, 0.1) is 39.7 Å². The lowest BCUT2D eigenvalue weighted by Crippen LogP contribution is -2.53. The average Bonchev–Trinajstić information content (AvgIpc) is 3.18. The van der Waals surface area contributed by atoms with Gasteiger partial charge in [-0.3, -0.25) is 0 Å². The summed E-state index contributed by atoms with van der Waals surface area (Å²) in [4.78, 5) is 2.22. The molecule has 25 heavy (non-hydrogen) atoms. The van der Waals surface area contributed by atoms with Crippen LogP contribution in [0.1, 0.15) is 12.0 Å². The van der Waals surface area contributed by atoms with Crippen molar-refractivity contribution in [2.45, 2.75) is 23.3 Å². The van der Waals surface area contributed by atoms with E-state index in [2.05, 4.69) is 5.32 Å². The van der Waals surface area contributed by atoms with Crippen molar-refractivity contribution in [1.29, 1.82) is 0 Å². The third-order valence-electron chi connectivity index (χ3n) is 4.71. The highest BCUT2D eigenvalue weighted by Crippen LogP contribution is 2.38. The van der Waals surface area contributed by atoms with Crippen LogP contribution in [0.15, 0.2) is 53.0 Å². The number of nitrogens with one attached hydrogen (secondary N) is 1. The van der Waals surface area contributed by atoms with E-state index in [0.29, 0.717) is 23.5 Å². The predicted molar refractivity (Wildman–Crippen MR) is 95.1 cm³/mol. The molecule has 0 bridgehead atoms. The molecule has 132 valence electrons. The largest absolute Gasteiger partial charge is 0.375 e. The van der Waals surface area contributed by atoms with Gasteiger partial charge in [0, 0.05) is 29.9 Å². The number of aromatic nitrogens is 1. The summed E-state index contributed by atoms with van der Waals surface area (Å²) < 4.78 is 43.2. The quantitative estimate of drug-likeness (QED) is 0.910. The molecule has 1 fully saturated rings. The second-order valence-electron chi connectivity index (χ2n) is 6.56. The highest BCUT2D eigenvalue weighted by Gasteiger charge is 2.44. The van der Waals surface area contributed by atoms with E-state index < -0.39 is 22.8 Å². The topological polar surface area (TPSA) is 37.3 Å². The van der Waals surface area contributed by atoms with Gasteiger partial charge >= 0.3 is 0 Å². The van der Waals surface area contributed by atoms with Crippen molar-refractivity contribution < 1.29 is 13.0 Å². The molecule has 2 atom stereocenters. The molecule has 0 radical (unpaired) electrons. The number of fused-ring (bicyclic) bond motifs is 1. The Labute approximate surface area is 147 Å². The van der Waals surface area contributed by atoms with E-state index in [9.17, 15) is 13.0 Å². The summed E-state index contributed by atoms with van der Waals surface area (Å²) in [5, 5.41) is 4.65. The second kappa shape index (κ2) is 6.07. The van der Waals surface area contributed by atoms with Gasteiger partial charge < -0.3 is 14.8 Å². The standard InChI is InChI=1S/C18H19F2N3OS/c1-22-10-7-16(18(19,20)12-22)21-14-6-4-5-13-15(11-25(24)17(13)14)23-8-2-3-9-23/h2-6,8-9,11,16,21H,7,10,12H2,1H3. The first kappa shape index (κ1) is 16.5. The molecule has 0 saturated carbocycles. The lowest BCUT2D eigenvalue weighted by Gasteiger charge is -2.37. The van der Waals surface area contributed by atoms with Crippen molar-refractivity contribution in [3.63, 3.8) is 0 Å². The van der Waals surface area contributed by atoms with Gasteiger partial charge in [-0.2, -0.15) is 0 Å². The molecular formula is C18H19F2N3OS. The third-order valence-corrected chi connectivity index (χ3v) is 5.99. The van der Waals surface area contributed by atoms with Crippen LogP contribution in [0.5, 0.6) is 0 Å². The van der Waals surface area contributed by atoms with Crippen LogP contribution in [-0.2, 0) is 10.8 Å². The first-order valence-electron chi connectivity index (χ1n) is 8.18. The van der Waals surface area contributed by atoms with Crippen LogP contribution in [0, 0.1) is 0 Å². The normalized spacial score (nSPS) is 25.5. The SMILES string of the molecule is CN1CCC(Nc2cccc3c2S(=O)C=C3n2cccc2)C(F)(F)C1. The van der Waals surface area contributed by atoms with Gasteiger partial charge in [0.25, 0.3) is 5.92 Å². The Bertz CT molecular complexity index is 848. The van der Waals surface area contributed by atoms with Crippen LogP contribution in [0.3, 0.4) is 0 Å².